The summed E-state index contributed by atoms with van der Waals surface area (Å²) in [5.74, 6) is 1.14. The Balaban J connectivity index is 1.80. The third-order valence-electron chi connectivity index (χ3n) is 8.00. The number of ketones is 1. The smallest absolute Gasteiger partial charge is 0.141 e. The Morgan fingerprint density at radius 1 is 1.13 bits per heavy atom. The first-order valence-corrected chi connectivity index (χ1v) is 9.06. The number of aliphatic hydroxyl groups is 1. The lowest BCUT2D eigenvalue weighted by molar-refractivity contribution is -0.162. The van der Waals surface area contributed by atoms with Crippen LogP contribution in [0.1, 0.15) is 64.0 Å². The fraction of sp³-hybridized carbons (Fsp3) is 0.750. The number of rotatable bonds is 1. The normalized spacial score (nSPS) is 46.0. The number of furan rings is 1. The van der Waals surface area contributed by atoms with E-state index in [0.717, 1.165) is 25.7 Å². The number of Topliss-reactive ketones (excluding diaryl/α,β-unsaturated/α-hetero) is 1. The van der Waals surface area contributed by atoms with Crippen LogP contribution in [-0.2, 0) is 16.6 Å². The number of aryl methyl sites for hydroxylation is 1. The van der Waals surface area contributed by atoms with Crippen molar-refractivity contribution in [2.45, 2.75) is 64.7 Å². The number of carbonyl (C=O) groups excluding carboxylic acids is 1. The molecule has 0 unspecified atom stereocenters. The molecule has 0 aliphatic heterocycles. The molecule has 2 fully saturated rings. The van der Waals surface area contributed by atoms with Gasteiger partial charge in [0.05, 0.1) is 24.5 Å². The topological polar surface area (TPSA) is 50.4 Å². The minimum atomic E-state index is -0.551. The molecule has 4 rings (SSSR count). The molecule has 5 atom stereocenters. The van der Waals surface area contributed by atoms with E-state index < -0.39 is 5.41 Å². The van der Waals surface area contributed by atoms with Gasteiger partial charge in [-0.1, -0.05) is 20.8 Å². The summed E-state index contributed by atoms with van der Waals surface area (Å²) in [5, 5.41) is 10.0. The molecule has 126 valence electrons. The van der Waals surface area contributed by atoms with Crippen LogP contribution in [0.4, 0.5) is 0 Å². The lowest BCUT2D eigenvalue weighted by atomic mass is 9.40. The van der Waals surface area contributed by atoms with E-state index in [1.807, 2.05) is 19.5 Å². The van der Waals surface area contributed by atoms with E-state index in [1.54, 1.807) is 0 Å². The van der Waals surface area contributed by atoms with Crippen molar-refractivity contribution in [2.24, 2.45) is 22.7 Å². The third kappa shape index (κ3) is 1.77. The SMILES string of the molecule is C[C@]12CCC(=O)[C@](C)(CO)[C@@H]1CC[C@@]1(C)c3cocc3CC[C@H]21. The molecule has 1 heterocycles. The fourth-order valence-corrected chi connectivity index (χ4v) is 6.66. The van der Waals surface area contributed by atoms with Crippen molar-refractivity contribution >= 4 is 5.78 Å². The van der Waals surface area contributed by atoms with Gasteiger partial charge in [-0.3, -0.25) is 4.79 Å². The molecule has 1 N–H and O–H groups in total. The molecule has 2 saturated carbocycles. The maximum absolute atomic E-state index is 12.6. The molecule has 0 aromatic carbocycles. The number of fused-ring (bicyclic) bond motifs is 5. The Morgan fingerprint density at radius 2 is 1.91 bits per heavy atom. The second-order valence-corrected chi connectivity index (χ2v) is 8.92. The van der Waals surface area contributed by atoms with Gasteiger partial charge in [0.2, 0.25) is 0 Å². The predicted molar refractivity (Wildman–Crippen MR) is 88.1 cm³/mol. The molecule has 0 spiro atoms. The number of aliphatic hydroxyl groups excluding tert-OH is 1. The van der Waals surface area contributed by atoms with Crippen LogP contribution in [0.15, 0.2) is 16.9 Å². The van der Waals surface area contributed by atoms with Gasteiger partial charge in [-0.25, -0.2) is 0 Å². The standard InChI is InChI=1S/C20H28O3/c1-18-8-6-16-19(2,9-7-17(22)20(16,3)12-21)15(18)5-4-13-10-23-11-14(13)18/h10-11,15-16,21H,4-9,12H2,1-3H3/t15-,16+,18-,19+,20+/m0/s1. The summed E-state index contributed by atoms with van der Waals surface area (Å²) in [6, 6.07) is 0. The summed E-state index contributed by atoms with van der Waals surface area (Å²) in [6.07, 6.45) is 9.85. The average Bonchev–Trinajstić information content (AvgIpc) is 3.01. The summed E-state index contributed by atoms with van der Waals surface area (Å²) < 4.78 is 5.54. The molecule has 0 saturated heterocycles. The van der Waals surface area contributed by atoms with Gasteiger partial charge in [0.1, 0.15) is 5.78 Å². The van der Waals surface area contributed by atoms with E-state index >= 15 is 0 Å². The lowest BCUT2D eigenvalue weighted by Gasteiger charge is -2.63. The first kappa shape index (κ1) is 15.4. The Kier molecular flexibility index (Phi) is 3.17. The number of hydrogen-bond donors (Lipinski definition) is 1. The van der Waals surface area contributed by atoms with E-state index in [-0.39, 0.29) is 23.2 Å². The molecule has 3 aliphatic rings. The highest BCUT2D eigenvalue weighted by atomic mass is 16.3. The van der Waals surface area contributed by atoms with Crippen LogP contribution in [-0.4, -0.2) is 17.5 Å². The Hall–Kier alpha value is -1.09. The summed E-state index contributed by atoms with van der Waals surface area (Å²) in [4.78, 5) is 12.6. The molecular weight excluding hydrogens is 288 g/mol. The van der Waals surface area contributed by atoms with E-state index in [1.165, 1.54) is 17.5 Å². The van der Waals surface area contributed by atoms with Crippen LogP contribution in [0.5, 0.6) is 0 Å². The molecule has 3 aliphatic carbocycles. The molecule has 23 heavy (non-hydrogen) atoms. The maximum atomic E-state index is 12.6. The Morgan fingerprint density at radius 3 is 2.65 bits per heavy atom. The molecule has 3 nitrogen and oxygen atoms in total. The zero-order valence-electron chi connectivity index (χ0n) is 14.5. The number of hydrogen-bond acceptors (Lipinski definition) is 3. The van der Waals surface area contributed by atoms with Crippen molar-refractivity contribution in [3.63, 3.8) is 0 Å². The first-order chi connectivity index (χ1) is 10.9. The highest BCUT2D eigenvalue weighted by Crippen LogP contribution is 2.66. The van der Waals surface area contributed by atoms with E-state index in [2.05, 4.69) is 13.8 Å². The molecular formula is C20H28O3. The largest absolute Gasteiger partial charge is 0.472 e. The van der Waals surface area contributed by atoms with Crippen LogP contribution in [0, 0.1) is 22.7 Å². The van der Waals surface area contributed by atoms with Gasteiger partial charge in [-0.15, -0.1) is 0 Å². The second kappa shape index (κ2) is 4.72. The lowest BCUT2D eigenvalue weighted by Crippen LogP contribution is -2.61. The molecule has 0 amide bonds. The van der Waals surface area contributed by atoms with Crippen LogP contribution in [0.2, 0.25) is 0 Å². The molecule has 1 aromatic rings. The minimum Gasteiger partial charge on any atom is -0.472 e. The van der Waals surface area contributed by atoms with Gasteiger partial charge in [-0.05, 0) is 65.9 Å². The molecule has 3 heteroatoms. The van der Waals surface area contributed by atoms with Crippen LogP contribution >= 0.6 is 0 Å². The highest BCUT2D eigenvalue weighted by molar-refractivity contribution is 5.86. The van der Waals surface area contributed by atoms with Gasteiger partial charge in [-0.2, -0.15) is 0 Å². The molecule has 1 aromatic heterocycles. The molecule has 0 bridgehead atoms. The summed E-state index contributed by atoms with van der Waals surface area (Å²) in [6.45, 7) is 6.79. The molecule has 0 radical (unpaired) electrons. The van der Waals surface area contributed by atoms with E-state index in [4.69, 9.17) is 4.42 Å². The van der Waals surface area contributed by atoms with Crippen molar-refractivity contribution in [3.05, 3.63) is 23.7 Å². The summed E-state index contributed by atoms with van der Waals surface area (Å²) in [5.41, 5.74) is 2.51. The van der Waals surface area contributed by atoms with E-state index in [0.29, 0.717) is 18.3 Å². The monoisotopic (exact) mass is 316 g/mol. The number of carbonyl (C=O) groups is 1. The van der Waals surface area contributed by atoms with Gasteiger partial charge < -0.3 is 9.52 Å². The zero-order chi connectivity index (χ0) is 16.5. The predicted octanol–water partition coefficient (Wildman–Crippen LogP) is 3.88. The van der Waals surface area contributed by atoms with Crippen molar-refractivity contribution in [1.29, 1.82) is 0 Å². The third-order valence-corrected chi connectivity index (χ3v) is 8.00. The summed E-state index contributed by atoms with van der Waals surface area (Å²) in [7, 11) is 0. The quantitative estimate of drug-likeness (QED) is 0.855. The van der Waals surface area contributed by atoms with Crippen LogP contribution in [0.3, 0.4) is 0 Å². The van der Waals surface area contributed by atoms with Gasteiger partial charge >= 0.3 is 0 Å². The van der Waals surface area contributed by atoms with Crippen molar-refractivity contribution in [1.82, 2.24) is 0 Å². The van der Waals surface area contributed by atoms with Crippen LogP contribution in [0.25, 0.3) is 0 Å². The van der Waals surface area contributed by atoms with Crippen LogP contribution < -0.4 is 0 Å². The van der Waals surface area contributed by atoms with Gasteiger partial charge in [0.15, 0.2) is 0 Å². The summed E-state index contributed by atoms with van der Waals surface area (Å²) >= 11 is 0. The van der Waals surface area contributed by atoms with Crippen molar-refractivity contribution < 1.29 is 14.3 Å². The maximum Gasteiger partial charge on any atom is 0.141 e. The first-order valence-electron chi connectivity index (χ1n) is 9.06. The fourth-order valence-electron chi connectivity index (χ4n) is 6.66. The van der Waals surface area contributed by atoms with Gasteiger partial charge in [0.25, 0.3) is 0 Å². The Bertz CT molecular complexity index is 647. The zero-order valence-corrected chi connectivity index (χ0v) is 14.5. The van der Waals surface area contributed by atoms with Gasteiger partial charge in [0, 0.05) is 6.42 Å². The second-order valence-electron chi connectivity index (χ2n) is 8.92. The average molecular weight is 316 g/mol. The minimum absolute atomic E-state index is 0.00746. The van der Waals surface area contributed by atoms with E-state index in [9.17, 15) is 9.90 Å². The Labute approximate surface area is 138 Å². The highest BCUT2D eigenvalue weighted by Gasteiger charge is 2.62. The van der Waals surface area contributed by atoms with Crippen molar-refractivity contribution in [2.75, 3.05) is 6.61 Å². The van der Waals surface area contributed by atoms with Crippen molar-refractivity contribution in [3.8, 4) is 0 Å².